The molecule has 30 heavy (non-hydrogen) atoms. The molecule has 1 saturated carbocycles. The number of nitrogens with zero attached hydrogens (tertiary/aromatic N) is 4. The van der Waals surface area contributed by atoms with Gasteiger partial charge in [0.1, 0.15) is 17.7 Å². The van der Waals surface area contributed by atoms with Gasteiger partial charge in [0.25, 0.3) is 0 Å². The third-order valence-electron chi connectivity index (χ3n) is 6.35. The third-order valence-corrected chi connectivity index (χ3v) is 6.55. The van der Waals surface area contributed by atoms with E-state index in [1.54, 1.807) is 18.7 Å². The van der Waals surface area contributed by atoms with Crippen molar-refractivity contribution < 1.29 is 9.15 Å². The minimum absolute atomic E-state index is 0.586. The first-order valence-corrected chi connectivity index (χ1v) is 11.0. The van der Waals surface area contributed by atoms with E-state index in [1.807, 2.05) is 24.3 Å². The van der Waals surface area contributed by atoms with Crippen LogP contribution in [0.25, 0.3) is 11.3 Å². The molecule has 1 aliphatic heterocycles. The molecule has 6 nitrogen and oxygen atoms in total. The maximum absolute atomic E-state index is 5.97. The van der Waals surface area contributed by atoms with Gasteiger partial charge in [0.2, 0.25) is 5.95 Å². The average molecular weight is 425 g/mol. The summed E-state index contributed by atoms with van der Waals surface area (Å²) in [6.07, 6.45) is 11.4. The maximum Gasteiger partial charge on any atom is 0.225 e. The van der Waals surface area contributed by atoms with Crippen LogP contribution in [0.15, 0.2) is 53.7 Å². The van der Waals surface area contributed by atoms with Crippen molar-refractivity contribution >= 4 is 17.5 Å². The van der Waals surface area contributed by atoms with Crippen LogP contribution >= 0.6 is 11.6 Å². The predicted molar refractivity (Wildman–Crippen MR) is 116 cm³/mol. The summed E-state index contributed by atoms with van der Waals surface area (Å²) in [5, 5.41) is 0.586. The third kappa shape index (κ3) is 4.43. The van der Waals surface area contributed by atoms with Crippen molar-refractivity contribution in [3.8, 4) is 17.0 Å². The van der Waals surface area contributed by atoms with E-state index in [-0.39, 0.29) is 0 Å². The largest absolute Gasteiger partial charge is 0.494 e. The van der Waals surface area contributed by atoms with Gasteiger partial charge < -0.3 is 14.1 Å². The molecule has 2 aliphatic rings. The first-order chi connectivity index (χ1) is 14.8. The second-order valence-electron chi connectivity index (χ2n) is 8.22. The molecule has 0 unspecified atom stereocenters. The van der Waals surface area contributed by atoms with Gasteiger partial charge in [-0.2, -0.15) is 0 Å². The standard InChI is InChI=1S/C23H25ClN4O2/c24-19-12-25-23(26-13-19)28-8-5-16(6-9-28)21-11-18(21)7-10-30-20-3-1-17(2-4-20)22-14-29-15-27-22/h1-4,12-16,18,21H,5-11H2/t18-,21-/m0/s1. The Bertz CT molecular complexity index is 938. The number of ether oxygens (including phenoxy) is 1. The van der Waals surface area contributed by atoms with Crippen LogP contribution in [0.3, 0.4) is 0 Å². The van der Waals surface area contributed by atoms with Gasteiger partial charge in [-0.15, -0.1) is 0 Å². The number of hydrogen-bond donors (Lipinski definition) is 0. The van der Waals surface area contributed by atoms with Crippen molar-refractivity contribution in [1.82, 2.24) is 15.0 Å². The smallest absolute Gasteiger partial charge is 0.225 e. The Labute approximate surface area is 181 Å². The van der Waals surface area contributed by atoms with Crippen molar-refractivity contribution in [3.05, 3.63) is 54.3 Å². The monoisotopic (exact) mass is 424 g/mol. The van der Waals surface area contributed by atoms with Gasteiger partial charge in [-0.3, -0.25) is 0 Å². The summed E-state index contributed by atoms with van der Waals surface area (Å²) in [5.41, 5.74) is 1.88. The Kier molecular flexibility index (Phi) is 5.58. The van der Waals surface area contributed by atoms with E-state index in [1.165, 1.54) is 25.7 Å². The van der Waals surface area contributed by atoms with E-state index in [9.17, 15) is 0 Å². The zero-order valence-corrected chi connectivity index (χ0v) is 17.5. The Morgan fingerprint density at radius 2 is 1.83 bits per heavy atom. The van der Waals surface area contributed by atoms with Gasteiger partial charge in [-0.1, -0.05) is 11.6 Å². The molecular formula is C23H25ClN4O2. The van der Waals surface area contributed by atoms with Crippen molar-refractivity contribution in [2.75, 3.05) is 24.6 Å². The van der Waals surface area contributed by atoms with Crippen LogP contribution < -0.4 is 9.64 Å². The number of rotatable bonds is 7. The van der Waals surface area contributed by atoms with E-state index in [2.05, 4.69) is 19.9 Å². The molecule has 0 N–H and O–H groups in total. The second kappa shape index (κ2) is 8.64. The molecular weight excluding hydrogens is 400 g/mol. The maximum atomic E-state index is 5.97. The second-order valence-corrected chi connectivity index (χ2v) is 8.66. The number of oxazole rings is 1. The summed E-state index contributed by atoms with van der Waals surface area (Å²) in [5.74, 6) is 4.20. The first kappa shape index (κ1) is 19.4. The highest BCUT2D eigenvalue weighted by Crippen LogP contribution is 2.49. The molecule has 0 radical (unpaired) electrons. The molecule has 156 valence electrons. The Balaban J connectivity index is 1.03. The lowest BCUT2D eigenvalue weighted by molar-refractivity contribution is 0.284. The molecule has 1 aliphatic carbocycles. The van der Waals surface area contributed by atoms with Crippen molar-refractivity contribution in [3.63, 3.8) is 0 Å². The van der Waals surface area contributed by atoms with Gasteiger partial charge in [-0.25, -0.2) is 15.0 Å². The fraction of sp³-hybridized carbons (Fsp3) is 0.435. The predicted octanol–water partition coefficient (Wildman–Crippen LogP) is 5.11. The van der Waals surface area contributed by atoms with Crippen LogP contribution in [0.5, 0.6) is 5.75 Å². The number of aromatic nitrogens is 3. The molecule has 5 rings (SSSR count). The van der Waals surface area contributed by atoms with Crippen LogP contribution in [0.4, 0.5) is 5.95 Å². The van der Waals surface area contributed by atoms with Crippen LogP contribution in [0.1, 0.15) is 25.7 Å². The SMILES string of the molecule is Clc1cnc(N2CCC([C@@H]3C[C@@H]3CCOc3ccc(-c4cocn4)cc3)CC2)nc1. The Morgan fingerprint density at radius 3 is 2.53 bits per heavy atom. The molecule has 1 saturated heterocycles. The molecule has 3 aromatic rings. The van der Waals surface area contributed by atoms with Crippen LogP contribution in [-0.2, 0) is 0 Å². The van der Waals surface area contributed by atoms with Gasteiger partial charge in [0.05, 0.1) is 24.0 Å². The number of hydrogen-bond acceptors (Lipinski definition) is 6. The summed E-state index contributed by atoms with van der Waals surface area (Å²) in [6, 6.07) is 8.04. The molecule has 2 atom stereocenters. The van der Waals surface area contributed by atoms with Gasteiger partial charge in [0.15, 0.2) is 6.39 Å². The van der Waals surface area contributed by atoms with E-state index in [0.29, 0.717) is 5.02 Å². The quantitative estimate of drug-likeness (QED) is 0.525. The van der Waals surface area contributed by atoms with E-state index < -0.39 is 0 Å². The summed E-state index contributed by atoms with van der Waals surface area (Å²) in [7, 11) is 0. The molecule has 2 aromatic heterocycles. The highest BCUT2D eigenvalue weighted by molar-refractivity contribution is 6.30. The van der Waals surface area contributed by atoms with Gasteiger partial charge >= 0.3 is 0 Å². The molecule has 0 amide bonds. The molecule has 1 aromatic carbocycles. The van der Waals surface area contributed by atoms with Crippen LogP contribution in [-0.4, -0.2) is 34.6 Å². The van der Waals surface area contributed by atoms with E-state index >= 15 is 0 Å². The van der Waals surface area contributed by atoms with Gasteiger partial charge in [-0.05, 0) is 67.7 Å². The van der Waals surface area contributed by atoms with Crippen LogP contribution in [0.2, 0.25) is 5.02 Å². The highest BCUT2D eigenvalue weighted by atomic mass is 35.5. The molecule has 0 bridgehead atoms. The van der Waals surface area contributed by atoms with Gasteiger partial charge in [0, 0.05) is 18.7 Å². The molecule has 7 heteroatoms. The number of piperidine rings is 1. The lowest BCUT2D eigenvalue weighted by Gasteiger charge is -2.32. The Morgan fingerprint density at radius 1 is 1.07 bits per heavy atom. The number of benzene rings is 1. The first-order valence-electron chi connectivity index (χ1n) is 10.6. The topological polar surface area (TPSA) is 64.3 Å². The van der Waals surface area contributed by atoms with E-state index in [4.69, 9.17) is 20.8 Å². The molecule has 3 heterocycles. The summed E-state index contributed by atoms with van der Waals surface area (Å²) in [4.78, 5) is 15.1. The minimum atomic E-state index is 0.586. The lowest BCUT2D eigenvalue weighted by atomic mass is 9.90. The highest BCUT2D eigenvalue weighted by Gasteiger charge is 2.43. The zero-order valence-electron chi connectivity index (χ0n) is 16.8. The van der Waals surface area contributed by atoms with E-state index in [0.717, 1.165) is 66.8 Å². The fourth-order valence-corrected chi connectivity index (χ4v) is 4.68. The molecule has 0 spiro atoms. The summed E-state index contributed by atoms with van der Waals surface area (Å²) in [6.45, 7) is 2.84. The minimum Gasteiger partial charge on any atom is -0.494 e. The van der Waals surface area contributed by atoms with Crippen molar-refractivity contribution in [2.45, 2.75) is 25.7 Å². The summed E-state index contributed by atoms with van der Waals surface area (Å²) < 4.78 is 11.0. The van der Waals surface area contributed by atoms with Crippen molar-refractivity contribution in [1.29, 1.82) is 0 Å². The normalized spacial score (nSPS) is 21.6. The molecule has 2 fully saturated rings. The number of anilines is 1. The zero-order chi connectivity index (χ0) is 20.3. The van der Waals surface area contributed by atoms with Crippen molar-refractivity contribution in [2.24, 2.45) is 17.8 Å². The average Bonchev–Trinajstić information content (AvgIpc) is 3.34. The fourth-order valence-electron chi connectivity index (χ4n) is 4.58. The Hall–Kier alpha value is -2.60. The summed E-state index contributed by atoms with van der Waals surface area (Å²) >= 11 is 5.89. The lowest BCUT2D eigenvalue weighted by Crippen LogP contribution is -2.35. The number of halogens is 1. The van der Waals surface area contributed by atoms with Crippen LogP contribution in [0, 0.1) is 17.8 Å².